The average molecular weight is 817 g/mol. The van der Waals surface area contributed by atoms with Crippen molar-refractivity contribution in [1.29, 1.82) is 0 Å². The van der Waals surface area contributed by atoms with Gasteiger partial charge in [0.2, 0.25) is 0 Å². The van der Waals surface area contributed by atoms with E-state index in [1.165, 1.54) is 122 Å². The van der Waals surface area contributed by atoms with E-state index < -0.39 is 0 Å². The highest BCUT2D eigenvalue weighted by Gasteiger charge is 2.50. The van der Waals surface area contributed by atoms with Gasteiger partial charge in [0.25, 0.3) is 6.71 Å². The Morgan fingerprint density at radius 1 is 0.525 bits per heavy atom. The molecule has 0 N–H and O–H groups in total. The molecule has 6 aromatic carbocycles. The summed E-state index contributed by atoms with van der Waals surface area (Å²) in [5.41, 5.74) is 22.5. The highest BCUT2D eigenvalue weighted by atomic mass is 32.1. The van der Waals surface area contributed by atoms with Crippen molar-refractivity contribution in [3.63, 3.8) is 0 Å². The molecule has 308 valence electrons. The Labute approximate surface area is 369 Å². The van der Waals surface area contributed by atoms with Gasteiger partial charge < -0.3 is 9.80 Å². The zero-order valence-corrected chi connectivity index (χ0v) is 39.6. The fourth-order valence-electron chi connectivity index (χ4n) is 12.5. The Morgan fingerprint density at radius 2 is 1.07 bits per heavy atom. The van der Waals surface area contributed by atoms with Crippen molar-refractivity contribution in [2.45, 2.75) is 136 Å². The van der Waals surface area contributed by atoms with Gasteiger partial charge in [-0.15, -0.1) is 11.3 Å². The van der Waals surface area contributed by atoms with Crippen LogP contribution in [-0.2, 0) is 27.1 Å². The molecule has 2 nitrogen and oxygen atoms in total. The predicted octanol–water partition coefficient (Wildman–Crippen LogP) is 14.4. The SMILES string of the molecule is Cc1cc2c3c(c1)N(c1cccc4sc5ccccc5c14)c1cc4c(cc1B3c1cc3c(cc1N2c1ccc(C(C)(C)C)cc1C)C(C)(C)CCC3(C)C)C(C)(C)CC4(C)C. The second kappa shape index (κ2) is 12.4. The molecule has 0 amide bonds. The van der Waals surface area contributed by atoms with Crippen LogP contribution in [0.15, 0.2) is 97.1 Å². The molecule has 4 heteroatoms. The molecule has 3 heterocycles. The van der Waals surface area contributed by atoms with Crippen molar-refractivity contribution in [1.82, 2.24) is 0 Å². The van der Waals surface area contributed by atoms with Gasteiger partial charge >= 0.3 is 0 Å². The summed E-state index contributed by atoms with van der Waals surface area (Å²) in [7, 11) is 0. The number of thiophene rings is 1. The normalized spacial score (nSPS) is 18.8. The molecule has 0 bridgehead atoms. The first-order valence-electron chi connectivity index (χ1n) is 22.8. The van der Waals surface area contributed by atoms with Crippen molar-refractivity contribution < 1.29 is 0 Å². The Morgan fingerprint density at radius 3 is 1.67 bits per heavy atom. The molecule has 4 aliphatic rings. The van der Waals surface area contributed by atoms with E-state index in [1.54, 1.807) is 0 Å². The Bertz CT molecular complexity index is 3040. The third-order valence-corrected chi connectivity index (χ3v) is 16.7. The number of anilines is 6. The van der Waals surface area contributed by atoms with Crippen molar-refractivity contribution in [3.05, 3.63) is 136 Å². The van der Waals surface area contributed by atoms with Crippen LogP contribution < -0.4 is 26.2 Å². The van der Waals surface area contributed by atoms with Gasteiger partial charge in [0.15, 0.2) is 0 Å². The molecule has 7 aromatic rings. The summed E-state index contributed by atoms with van der Waals surface area (Å²) < 4.78 is 2.68. The summed E-state index contributed by atoms with van der Waals surface area (Å²) in [6.07, 6.45) is 3.51. The van der Waals surface area contributed by atoms with Crippen LogP contribution in [0.3, 0.4) is 0 Å². The van der Waals surface area contributed by atoms with Crippen LogP contribution in [-0.4, -0.2) is 6.71 Å². The van der Waals surface area contributed by atoms with Crippen molar-refractivity contribution in [2.24, 2.45) is 0 Å². The van der Waals surface area contributed by atoms with Gasteiger partial charge in [-0.25, -0.2) is 0 Å². The molecule has 0 radical (unpaired) electrons. The first-order valence-corrected chi connectivity index (χ1v) is 23.6. The smallest absolute Gasteiger partial charge is 0.252 e. The lowest BCUT2D eigenvalue weighted by atomic mass is 9.32. The molecular formula is C57H61BN2S. The summed E-state index contributed by atoms with van der Waals surface area (Å²) in [6.45, 7) is 31.6. The van der Waals surface area contributed by atoms with E-state index in [4.69, 9.17) is 0 Å². The van der Waals surface area contributed by atoms with E-state index in [0.29, 0.717) is 0 Å². The van der Waals surface area contributed by atoms with Gasteiger partial charge in [-0.05, 0) is 164 Å². The van der Waals surface area contributed by atoms with Crippen LogP contribution in [0, 0.1) is 13.8 Å². The van der Waals surface area contributed by atoms with Crippen LogP contribution >= 0.6 is 11.3 Å². The number of hydrogen-bond donors (Lipinski definition) is 0. The molecule has 2 aliphatic heterocycles. The van der Waals surface area contributed by atoms with E-state index in [0.717, 1.165) is 6.42 Å². The molecule has 0 atom stereocenters. The Kier molecular flexibility index (Phi) is 7.97. The lowest BCUT2D eigenvalue weighted by Crippen LogP contribution is -2.62. The first-order chi connectivity index (χ1) is 28.7. The lowest BCUT2D eigenvalue weighted by Gasteiger charge is -2.48. The summed E-state index contributed by atoms with van der Waals surface area (Å²) in [5.74, 6) is 0. The fourth-order valence-corrected chi connectivity index (χ4v) is 13.6. The number of nitrogens with zero attached hydrogens (tertiary/aromatic N) is 2. The zero-order valence-electron chi connectivity index (χ0n) is 38.7. The molecule has 0 spiro atoms. The minimum atomic E-state index is 0.0605. The second-order valence-electron chi connectivity index (χ2n) is 22.9. The molecular weight excluding hydrogens is 756 g/mol. The molecule has 61 heavy (non-hydrogen) atoms. The maximum absolute atomic E-state index is 2.70. The van der Waals surface area contributed by atoms with Gasteiger partial charge in [0.1, 0.15) is 0 Å². The predicted molar refractivity (Wildman–Crippen MR) is 267 cm³/mol. The van der Waals surface area contributed by atoms with Gasteiger partial charge in [0.05, 0.1) is 5.69 Å². The van der Waals surface area contributed by atoms with Gasteiger partial charge in [-0.3, -0.25) is 0 Å². The average Bonchev–Trinajstić information content (AvgIpc) is 3.65. The number of aryl methyl sites for hydroxylation is 2. The Hall–Kier alpha value is -4.80. The third-order valence-electron chi connectivity index (χ3n) is 15.6. The highest BCUT2D eigenvalue weighted by Crippen LogP contribution is 2.55. The van der Waals surface area contributed by atoms with E-state index in [1.807, 2.05) is 11.3 Å². The van der Waals surface area contributed by atoms with Gasteiger partial charge in [-0.2, -0.15) is 0 Å². The molecule has 0 unspecified atom stereocenters. The quantitative estimate of drug-likeness (QED) is 0.160. The standard InChI is InChI=1S/C57H61BN2S/c1-33-25-47-52-48(26-33)60(44-18-16-20-50-51(44)36-17-14-15-19-49(36)61-50)46-31-40-38(56(10,11)32-57(40,12)13)29-42(46)58(52)41-28-37-39(55(8,9)24-23-54(37,6)7)30-45(41)59(47)43-22-21-35(27-34(43)2)53(3,4)5/h14-22,25-31H,23-24,32H2,1-13H3. The molecule has 1 aromatic heterocycles. The molecule has 0 saturated heterocycles. The second-order valence-corrected chi connectivity index (χ2v) is 24.0. The number of benzene rings is 6. The van der Waals surface area contributed by atoms with E-state index in [-0.39, 0.29) is 33.8 Å². The molecule has 0 saturated carbocycles. The summed E-state index contributed by atoms with van der Waals surface area (Å²) in [6, 6.07) is 39.0. The number of fused-ring (bicyclic) bond motifs is 9. The maximum atomic E-state index is 2.70. The van der Waals surface area contributed by atoms with Crippen LogP contribution in [0.25, 0.3) is 20.2 Å². The topological polar surface area (TPSA) is 6.48 Å². The van der Waals surface area contributed by atoms with Gasteiger partial charge in [0, 0.05) is 48.6 Å². The number of hydrogen-bond acceptors (Lipinski definition) is 3. The molecule has 11 rings (SSSR count). The largest absolute Gasteiger partial charge is 0.311 e. The van der Waals surface area contributed by atoms with E-state index >= 15 is 0 Å². The zero-order chi connectivity index (χ0) is 42.9. The first kappa shape index (κ1) is 39.1. The fraction of sp³-hybridized carbons (Fsp3) is 0.368. The highest BCUT2D eigenvalue weighted by molar-refractivity contribution is 7.26. The van der Waals surface area contributed by atoms with Crippen LogP contribution in [0.4, 0.5) is 34.1 Å². The van der Waals surface area contributed by atoms with E-state index in [9.17, 15) is 0 Å². The van der Waals surface area contributed by atoms with Crippen LogP contribution in [0.5, 0.6) is 0 Å². The van der Waals surface area contributed by atoms with Crippen molar-refractivity contribution in [2.75, 3.05) is 9.80 Å². The summed E-state index contributed by atoms with van der Waals surface area (Å²) in [4.78, 5) is 5.38. The maximum Gasteiger partial charge on any atom is 0.252 e. The lowest BCUT2D eigenvalue weighted by molar-refractivity contribution is 0.332. The monoisotopic (exact) mass is 816 g/mol. The van der Waals surface area contributed by atoms with Crippen LogP contribution in [0.1, 0.15) is 134 Å². The molecule has 2 aliphatic carbocycles. The minimum absolute atomic E-state index is 0.0605. The van der Waals surface area contributed by atoms with Crippen LogP contribution in [0.2, 0.25) is 0 Å². The van der Waals surface area contributed by atoms with E-state index in [2.05, 4.69) is 197 Å². The number of rotatable bonds is 2. The van der Waals surface area contributed by atoms with Crippen molar-refractivity contribution in [3.8, 4) is 0 Å². The van der Waals surface area contributed by atoms with Gasteiger partial charge in [-0.1, -0.05) is 125 Å². The molecule has 0 fully saturated rings. The Balaban J connectivity index is 1.30. The minimum Gasteiger partial charge on any atom is -0.311 e. The summed E-state index contributed by atoms with van der Waals surface area (Å²) >= 11 is 1.91. The van der Waals surface area contributed by atoms with Crippen molar-refractivity contribution >= 4 is 88.7 Å². The third kappa shape index (κ3) is 5.52. The summed E-state index contributed by atoms with van der Waals surface area (Å²) in [5, 5.41) is 2.69.